The third kappa shape index (κ3) is 3.80. The SMILES string of the molecule is COc1cc(CN)c([N+](=O)[O-])cc1OCC(C)CO. The van der Waals surface area contributed by atoms with Gasteiger partial charge >= 0.3 is 0 Å². The van der Waals surface area contributed by atoms with Crippen LogP contribution in [0.4, 0.5) is 5.69 Å². The van der Waals surface area contributed by atoms with E-state index in [1.54, 1.807) is 6.92 Å². The second kappa shape index (κ2) is 6.91. The highest BCUT2D eigenvalue weighted by Gasteiger charge is 2.19. The van der Waals surface area contributed by atoms with Gasteiger partial charge in [-0.25, -0.2) is 0 Å². The number of aliphatic hydroxyl groups is 1. The highest BCUT2D eigenvalue weighted by molar-refractivity contribution is 5.54. The molecule has 1 aromatic rings. The molecular formula is C12H18N2O5. The molecule has 0 bridgehead atoms. The predicted octanol–water partition coefficient (Wildman–Crippen LogP) is 1.07. The molecule has 0 aromatic heterocycles. The first-order chi connectivity index (χ1) is 9.03. The fourth-order valence-corrected chi connectivity index (χ4v) is 1.48. The van der Waals surface area contributed by atoms with E-state index in [4.69, 9.17) is 20.3 Å². The van der Waals surface area contributed by atoms with Gasteiger partial charge in [-0.05, 0) is 6.07 Å². The third-order valence-corrected chi connectivity index (χ3v) is 2.62. The maximum atomic E-state index is 10.9. The first kappa shape index (κ1) is 15.2. The van der Waals surface area contributed by atoms with Crippen LogP contribution in [0.3, 0.4) is 0 Å². The molecule has 0 aliphatic rings. The third-order valence-electron chi connectivity index (χ3n) is 2.62. The number of nitrogens with two attached hydrogens (primary N) is 1. The van der Waals surface area contributed by atoms with E-state index < -0.39 is 4.92 Å². The molecule has 0 saturated heterocycles. The molecule has 0 aliphatic heterocycles. The fraction of sp³-hybridized carbons (Fsp3) is 0.500. The predicted molar refractivity (Wildman–Crippen MR) is 69.3 cm³/mol. The summed E-state index contributed by atoms with van der Waals surface area (Å²) >= 11 is 0. The molecule has 3 N–H and O–H groups in total. The van der Waals surface area contributed by atoms with E-state index in [9.17, 15) is 10.1 Å². The Kier molecular flexibility index (Phi) is 5.53. The number of aliphatic hydroxyl groups excluding tert-OH is 1. The highest BCUT2D eigenvalue weighted by atomic mass is 16.6. The van der Waals surface area contributed by atoms with Crippen LogP contribution >= 0.6 is 0 Å². The zero-order chi connectivity index (χ0) is 14.4. The van der Waals surface area contributed by atoms with Gasteiger partial charge in [0.2, 0.25) is 0 Å². The lowest BCUT2D eigenvalue weighted by Gasteiger charge is -2.14. The summed E-state index contributed by atoms with van der Waals surface area (Å²) in [7, 11) is 1.45. The molecule has 0 aliphatic carbocycles. The van der Waals surface area contributed by atoms with Crippen molar-refractivity contribution < 1.29 is 19.5 Å². The molecule has 1 rings (SSSR count). The number of hydrogen-bond acceptors (Lipinski definition) is 6. The Hall–Kier alpha value is -1.86. The maximum absolute atomic E-state index is 10.9. The second-order valence-corrected chi connectivity index (χ2v) is 4.19. The van der Waals surface area contributed by atoms with Crippen molar-refractivity contribution >= 4 is 5.69 Å². The Morgan fingerprint density at radius 1 is 1.47 bits per heavy atom. The minimum Gasteiger partial charge on any atom is -0.493 e. The van der Waals surface area contributed by atoms with Gasteiger partial charge in [0.05, 0.1) is 24.7 Å². The van der Waals surface area contributed by atoms with Gasteiger partial charge in [0.25, 0.3) is 5.69 Å². The van der Waals surface area contributed by atoms with Gasteiger partial charge in [-0.3, -0.25) is 10.1 Å². The van der Waals surface area contributed by atoms with Crippen molar-refractivity contribution in [1.29, 1.82) is 0 Å². The Morgan fingerprint density at radius 2 is 2.16 bits per heavy atom. The van der Waals surface area contributed by atoms with E-state index in [0.29, 0.717) is 11.3 Å². The summed E-state index contributed by atoms with van der Waals surface area (Å²) in [5.74, 6) is 0.584. The molecule has 0 fully saturated rings. The Bertz CT molecular complexity index is 450. The summed E-state index contributed by atoms with van der Waals surface area (Å²) in [6, 6.07) is 2.79. The number of hydrogen-bond donors (Lipinski definition) is 2. The Balaban J connectivity index is 3.07. The fourth-order valence-electron chi connectivity index (χ4n) is 1.48. The number of rotatable bonds is 7. The average Bonchev–Trinajstić information content (AvgIpc) is 2.43. The van der Waals surface area contributed by atoms with E-state index in [1.807, 2.05) is 0 Å². The monoisotopic (exact) mass is 270 g/mol. The van der Waals surface area contributed by atoms with Crippen LogP contribution in [0.25, 0.3) is 0 Å². The summed E-state index contributed by atoms with van der Waals surface area (Å²) in [4.78, 5) is 10.4. The van der Waals surface area contributed by atoms with Crippen molar-refractivity contribution in [2.45, 2.75) is 13.5 Å². The highest BCUT2D eigenvalue weighted by Crippen LogP contribution is 2.34. The Labute approximate surface area is 111 Å². The molecule has 0 saturated carbocycles. The summed E-state index contributed by atoms with van der Waals surface area (Å²) in [6.45, 7) is 2.06. The smallest absolute Gasteiger partial charge is 0.277 e. The van der Waals surface area contributed by atoms with E-state index >= 15 is 0 Å². The number of nitro benzene ring substituents is 1. The van der Waals surface area contributed by atoms with Crippen molar-refractivity contribution in [2.24, 2.45) is 11.7 Å². The average molecular weight is 270 g/mol. The van der Waals surface area contributed by atoms with E-state index in [-0.39, 0.29) is 37.1 Å². The zero-order valence-electron chi connectivity index (χ0n) is 11.0. The van der Waals surface area contributed by atoms with Crippen LogP contribution in [0.5, 0.6) is 11.5 Å². The lowest BCUT2D eigenvalue weighted by Crippen LogP contribution is -2.13. The summed E-state index contributed by atoms with van der Waals surface area (Å²) in [5, 5.41) is 19.9. The molecule has 106 valence electrons. The topological polar surface area (TPSA) is 108 Å². The molecule has 1 unspecified atom stereocenters. The van der Waals surface area contributed by atoms with Crippen molar-refractivity contribution in [3.8, 4) is 11.5 Å². The first-order valence-electron chi connectivity index (χ1n) is 5.82. The minimum absolute atomic E-state index is 0.0225. The maximum Gasteiger partial charge on any atom is 0.277 e. The number of methoxy groups -OCH3 is 1. The molecular weight excluding hydrogens is 252 g/mol. The van der Waals surface area contributed by atoms with Crippen LogP contribution in [0.15, 0.2) is 12.1 Å². The first-order valence-corrected chi connectivity index (χ1v) is 5.82. The van der Waals surface area contributed by atoms with Crippen LogP contribution in [-0.2, 0) is 6.54 Å². The molecule has 19 heavy (non-hydrogen) atoms. The van der Waals surface area contributed by atoms with Crippen molar-refractivity contribution in [3.63, 3.8) is 0 Å². The molecule has 7 nitrogen and oxygen atoms in total. The van der Waals surface area contributed by atoms with Crippen LogP contribution in [0.1, 0.15) is 12.5 Å². The number of nitro groups is 1. The standard InChI is InChI=1S/C12H18N2O5/c1-8(6-15)7-19-12-4-10(14(16)17)9(5-13)3-11(12)18-2/h3-4,8,15H,5-7,13H2,1-2H3. The summed E-state index contributed by atoms with van der Waals surface area (Å²) in [6.07, 6.45) is 0. The van der Waals surface area contributed by atoms with E-state index in [0.717, 1.165) is 0 Å². The minimum atomic E-state index is -0.510. The van der Waals surface area contributed by atoms with Crippen LogP contribution in [0, 0.1) is 16.0 Å². The second-order valence-electron chi connectivity index (χ2n) is 4.19. The van der Waals surface area contributed by atoms with Crippen LogP contribution in [0.2, 0.25) is 0 Å². The van der Waals surface area contributed by atoms with Gasteiger partial charge in [0, 0.05) is 24.6 Å². The molecule has 1 aromatic carbocycles. The van der Waals surface area contributed by atoms with Gasteiger partial charge < -0.3 is 20.3 Å². The van der Waals surface area contributed by atoms with Gasteiger partial charge in [-0.15, -0.1) is 0 Å². The molecule has 7 heteroatoms. The zero-order valence-corrected chi connectivity index (χ0v) is 11.0. The summed E-state index contributed by atoms with van der Waals surface area (Å²) < 4.78 is 10.6. The number of ether oxygens (including phenoxy) is 2. The van der Waals surface area contributed by atoms with Crippen molar-refractivity contribution in [1.82, 2.24) is 0 Å². The van der Waals surface area contributed by atoms with Gasteiger partial charge in [-0.2, -0.15) is 0 Å². The van der Waals surface area contributed by atoms with Crippen molar-refractivity contribution in [2.75, 3.05) is 20.3 Å². The van der Waals surface area contributed by atoms with Crippen LogP contribution in [-0.4, -0.2) is 30.4 Å². The van der Waals surface area contributed by atoms with E-state index in [2.05, 4.69) is 0 Å². The van der Waals surface area contributed by atoms with Gasteiger partial charge in [0.15, 0.2) is 11.5 Å². The quantitative estimate of drug-likeness (QED) is 0.566. The van der Waals surface area contributed by atoms with Crippen LogP contribution < -0.4 is 15.2 Å². The largest absolute Gasteiger partial charge is 0.493 e. The molecule has 1 atom stereocenters. The van der Waals surface area contributed by atoms with E-state index in [1.165, 1.54) is 19.2 Å². The normalized spacial score (nSPS) is 12.0. The van der Waals surface area contributed by atoms with Gasteiger partial charge in [0.1, 0.15) is 0 Å². The molecule has 0 radical (unpaired) electrons. The Morgan fingerprint density at radius 3 is 2.63 bits per heavy atom. The summed E-state index contributed by atoms with van der Waals surface area (Å²) in [5.41, 5.74) is 5.75. The van der Waals surface area contributed by atoms with Crippen molar-refractivity contribution in [3.05, 3.63) is 27.8 Å². The number of benzene rings is 1. The lowest BCUT2D eigenvalue weighted by molar-refractivity contribution is -0.385. The number of nitrogens with zero attached hydrogens (tertiary/aromatic N) is 1. The van der Waals surface area contributed by atoms with Gasteiger partial charge in [-0.1, -0.05) is 6.92 Å². The molecule has 0 heterocycles. The molecule has 0 amide bonds. The lowest BCUT2D eigenvalue weighted by atomic mass is 10.1. The molecule has 0 spiro atoms.